The number of nitrogens with zero attached hydrogens (tertiary/aromatic N) is 1. The highest BCUT2D eigenvalue weighted by Crippen LogP contribution is 2.21. The predicted molar refractivity (Wildman–Crippen MR) is 82.2 cm³/mol. The number of carbonyl (C=O) groups excluding carboxylic acids is 1. The van der Waals surface area contributed by atoms with Crippen LogP contribution in [0.4, 0.5) is 0 Å². The number of hydrogen-bond donors (Lipinski definition) is 0. The minimum atomic E-state index is -0.146. The molecule has 0 aliphatic carbocycles. The molecule has 2 rings (SSSR count). The number of thiazole rings is 1. The summed E-state index contributed by atoms with van der Waals surface area (Å²) in [6.07, 6.45) is 0.762. The lowest BCUT2D eigenvalue weighted by Crippen LogP contribution is -2.11. The van der Waals surface area contributed by atoms with Gasteiger partial charge in [-0.05, 0) is 25.1 Å². The number of Topliss-reactive ketones (excluding diaryl/α,β-unsaturated/α-hetero) is 1. The fourth-order valence-electron chi connectivity index (χ4n) is 1.69. The van der Waals surface area contributed by atoms with E-state index in [0.29, 0.717) is 22.2 Å². The van der Waals surface area contributed by atoms with Gasteiger partial charge in [0.2, 0.25) is 0 Å². The maximum absolute atomic E-state index is 11.9. The van der Waals surface area contributed by atoms with Gasteiger partial charge in [-0.2, -0.15) is 0 Å². The van der Waals surface area contributed by atoms with Crippen molar-refractivity contribution in [1.82, 2.24) is 4.98 Å². The van der Waals surface area contributed by atoms with Crippen LogP contribution in [0.1, 0.15) is 20.9 Å². The molecule has 20 heavy (non-hydrogen) atoms. The lowest BCUT2D eigenvalue weighted by Gasteiger charge is -2.05. The molecular weight excluding hydrogens is 317 g/mol. The third-order valence-electron chi connectivity index (χ3n) is 2.78. The predicted octanol–water partition coefficient (Wildman–Crippen LogP) is 4.20. The number of aryl methyl sites for hydroxylation is 1. The summed E-state index contributed by atoms with van der Waals surface area (Å²) in [5.74, 6) is -0.146. The van der Waals surface area contributed by atoms with Crippen LogP contribution >= 0.6 is 34.5 Å². The maximum atomic E-state index is 11.9. The van der Waals surface area contributed by atoms with Gasteiger partial charge >= 0.3 is 0 Å². The number of hydrogen-bond acceptors (Lipinski definition) is 4. The van der Waals surface area contributed by atoms with Crippen LogP contribution in [0.25, 0.3) is 0 Å². The van der Waals surface area contributed by atoms with Gasteiger partial charge in [-0.3, -0.25) is 4.79 Å². The Bertz CT molecular complexity index is 613. The van der Waals surface area contributed by atoms with E-state index in [1.807, 2.05) is 12.4 Å². The molecule has 0 aliphatic rings. The summed E-state index contributed by atoms with van der Waals surface area (Å²) in [6.45, 7) is 2.46. The minimum Gasteiger partial charge on any atom is -0.373 e. The Balaban J connectivity index is 1.82. The Morgan fingerprint density at radius 3 is 2.85 bits per heavy atom. The second-order valence-electron chi connectivity index (χ2n) is 4.21. The molecule has 1 heterocycles. The molecule has 0 atom stereocenters. The maximum Gasteiger partial charge on any atom is 0.189 e. The van der Waals surface area contributed by atoms with Crippen LogP contribution in [0.2, 0.25) is 10.0 Å². The Morgan fingerprint density at radius 1 is 1.40 bits per heavy atom. The molecule has 0 fully saturated rings. The largest absolute Gasteiger partial charge is 0.373 e. The topological polar surface area (TPSA) is 39.2 Å². The van der Waals surface area contributed by atoms with Crippen molar-refractivity contribution in [2.45, 2.75) is 13.3 Å². The fourth-order valence-corrected chi connectivity index (χ4v) is 2.97. The van der Waals surface area contributed by atoms with Gasteiger partial charge in [0.25, 0.3) is 0 Å². The van der Waals surface area contributed by atoms with Crippen LogP contribution in [0, 0.1) is 6.92 Å². The molecule has 3 nitrogen and oxygen atoms in total. The number of aromatic nitrogens is 1. The summed E-state index contributed by atoms with van der Waals surface area (Å²) >= 11 is 13.4. The Morgan fingerprint density at radius 2 is 2.20 bits per heavy atom. The fraction of sp³-hybridized carbons (Fsp3) is 0.286. The third-order valence-corrected chi connectivity index (χ3v) is 4.33. The zero-order chi connectivity index (χ0) is 14.5. The van der Waals surface area contributed by atoms with Gasteiger partial charge in [-0.15, -0.1) is 11.3 Å². The van der Waals surface area contributed by atoms with Crippen molar-refractivity contribution in [3.63, 3.8) is 0 Å². The molecule has 0 amide bonds. The van der Waals surface area contributed by atoms with Crippen LogP contribution in [0.5, 0.6) is 0 Å². The second-order valence-corrected chi connectivity index (χ2v) is 5.99. The van der Waals surface area contributed by atoms with E-state index in [0.717, 1.165) is 12.1 Å². The molecule has 1 aromatic carbocycles. The monoisotopic (exact) mass is 329 g/mol. The van der Waals surface area contributed by atoms with Crippen LogP contribution < -0.4 is 0 Å². The number of ketones is 1. The van der Waals surface area contributed by atoms with Gasteiger partial charge in [0, 0.05) is 21.9 Å². The van der Waals surface area contributed by atoms with E-state index in [1.165, 1.54) is 4.88 Å². The minimum absolute atomic E-state index is 0.0131. The van der Waals surface area contributed by atoms with Gasteiger partial charge in [-0.1, -0.05) is 23.2 Å². The summed E-state index contributed by atoms with van der Waals surface area (Å²) in [5, 5.41) is 0.859. The lowest BCUT2D eigenvalue weighted by molar-refractivity contribution is 0.0766. The summed E-state index contributed by atoms with van der Waals surface area (Å²) in [4.78, 5) is 17.3. The van der Waals surface area contributed by atoms with Crippen molar-refractivity contribution in [1.29, 1.82) is 0 Å². The quantitative estimate of drug-likeness (QED) is 0.589. The normalized spacial score (nSPS) is 10.8. The molecule has 0 N–H and O–H groups in total. The van der Waals surface area contributed by atoms with E-state index in [1.54, 1.807) is 29.5 Å². The van der Waals surface area contributed by atoms with Crippen LogP contribution in [-0.2, 0) is 11.2 Å². The SMILES string of the molecule is Cc1ncsc1CCOCC(=O)c1ccc(Cl)cc1Cl. The highest BCUT2D eigenvalue weighted by Gasteiger charge is 2.11. The molecular formula is C14H13Cl2NO2S. The zero-order valence-electron chi connectivity index (χ0n) is 10.9. The molecule has 2 aromatic rings. The average Bonchev–Trinajstić information content (AvgIpc) is 2.80. The van der Waals surface area contributed by atoms with Gasteiger partial charge in [0.05, 0.1) is 22.8 Å². The first-order valence-corrected chi connectivity index (χ1v) is 7.66. The number of halogens is 2. The van der Waals surface area contributed by atoms with E-state index in [-0.39, 0.29) is 12.4 Å². The van der Waals surface area contributed by atoms with Crippen LogP contribution in [-0.4, -0.2) is 24.0 Å². The van der Waals surface area contributed by atoms with Crippen molar-refractivity contribution in [3.8, 4) is 0 Å². The van der Waals surface area contributed by atoms with E-state index in [9.17, 15) is 4.79 Å². The van der Waals surface area contributed by atoms with Crippen LogP contribution in [0.15, 0.2) is 23.7 Å². The van der Waals surface area contributed by atoms with E-state index in [4.69, 9.17) is 27.9 Å². The first kappa shape index (κ1) is 15.4. The summed E-state index contributed by atoms with van der Waals surface area (Å²) in [6, 6.07) is 4.81. The van der Waals surface area contributed by atoms with E-state index < -0.39 is 0 Å². The van der Waals surface area contributed by atoms with Crippen molar-refractivity contribution >= 4 is 40.3 Å². The number of carbonyl (C=O) groups is 1. The Labute approximate surface area is 131 Å². The van der Waals surface area contributed by atoms with Gasteiger partial charge in [0.1, 0.15) is 6.61 Å². The highest BCUT2D eigenvalue weighted by molar-refractivity contribution is 7.09. The Hall–Kier alpha value is -0.940. The van der Waals surface area contributed by atoms with Crippen LogP contribution in [0.3, 0.4) is 0 Å². The summed E-state index contributed by atoms with van der Waals surface area (Å²) in [7, 11) is 0. The standard InChI is InChI=1S/C14H13Cl2NO2S/c1-9-14(20-8-17-9)4-5-19-7-13(18)11-3-2-10(15)6-12(11)16/h2-3,6,8H,4-5,7H2,1H3. The van der Waals surface area contributed by atoms with Crippen molar-refractivity contribution < 1.29 is 9.53 Å². The smallest absolute Gasteiger partial charge is 0.189 e. The molecule has 0 saturated heterocycles. The third kappa shape index (κ3) is 4.03. The molecule has 0 saturated carbocycles. The lowest BCUT2D eigenvalue weighted by atomic mass is 10.1. The van der Waals surface area contributed by atoms with E-state index >= 15 is 0 Å². The number of ether oxygens (including phenoxy) is 1. The van der Waals surface area contributed by atoms with Gasteiger partial charge in [-0.25, -0.2) is 4.98 Å². The molecule has 0 bridgehead atoms. The Kier molecular flexibility index (Phi) is 5.54. The second kappa shape index (κ2) is 7.18. The first-order valence-electron chi connectivity index (χ1n) is 6.03. The highest BCUT2D eigenvalue weighted by atomic mass is 35.5. The molecule has 1 aromatic heterocycles. The molecule has 106 valence electrons. The molecule has 0 aliphatic heterocycles. The van der Waals surface area contributed by atoms with Crippen molar-refractivity contribution in [2.24, 2.45) is 0 Å². The van der Waals surface area contributed by atoms with Crippen molar-refractivity contribution in [2.75, 3.05) is 13.2 Å². The van der Waals surface area contributed by atoms with Gasteiger partial charge in [0.15, 0.2) is 5.78 Å². The van der Waals surface area contributed by atoms with Gasteiger partial charge < -0.3 is 4.74 Å². The molecule has 6 heteroatoms. The molecule has 0 radical (unpaired) electrons. The van der Waals surface area contributed by atoms with E-state index in [2.05, 4.69) is 4.98 Å². The molecule has 0 unspecified atom stereocenters. The summed E-state index contributed by atoms with van der Waals surface area (Å²) < 4.78 is 5.40. The zero-order valence-corrected chi connectivity index (χ0v) is 13.2. The average molecular weight is 330 g/mol. The molecule has 0 spiro atoms. The first-order chi connectivity index (χ1) is 9.58. The summed E-state index contributed by atoms with van der Waals surface area (Å²) in [5.41, 5.74) is 3.26. The number of rotatable bonds is 6. The van der Waals surface area contributed by atoms with Crippen molar-refractivity contribution in [3.05, 3.63) is 49.9 Å². The number of benzene rings is 1.